The van der Waals surface area contributed by atoms with Crippen LogP contribution in [0.25, 0.3) is 0 Å². The van der Waals surface area contributed by atoms with Gasteiger partial charge in [0.2, 0.25) is 5.91 Å². The molecule has 1 amide bonds. The standard InChI is InChI=1S/C12H25N3O/c1-12(2,10-14-11(16)9-13-3)15-7-5-4-6-8-15/h13H,4-10H2,1-3H3,(H,14,16). The molecular formula is C12H25N3O. The second kappa shape index (κ2) is 6.21. The van der Waals surface area contributed by atoms with Gasteiger partial charge in [-0.25, -0.2) is 0 Å². The number of rotatable bonds is 5. The van der Waals surface area contributed by atoms with Crippen LogP contribution >= 0.6 is 0 Å². The third-order valence-electron chi connectivity index (χ3n) is 3.27. The van der Waals surface area contributed by atoms with E-state index in [4.69, 9.17) is 0 Å². The lowest BCUT2D eigenvalue weighted by Gasteiger charge is -2.41. The summed E-state index contributed by atoms with van der Waals surface area (Å²) < 4.78 is 0. The fraction of sp³-hybridized carbons (Fsp3) is 0.917. The van der Waals surface area contributed by atoms with Crippen molar-refractivity contribution >= 4 is 5.91 Å². The zero-order valence-electron chi connectivity index (χ0n) is 10.8. The molecule has 0 aromatic heterocycles. The van der Waals surface area contributed by atoms with Gasteiger partial charge in [-0.15, -0.1) is 0 Å². The van der Waals surface area contributed by atoms with Crippen LogP contribution in [0.1, 0.15) is 33.1 Å². The van der Waals surface area contributed by atoms with E-state index in [2.05, 4.69) is 29.4 Å². The molecule has 0 aliphatic carbocycles. The number of hydrogen-bond donors (Lipinski definition) is 2. The quantitative estimate of drug-likeness (QED) is 0.722. The summed E-state index contributed by atoms with van der Waals surface area (Å²) in [4.78, 5) is 13.9. The average Bonchev–Trinajstić information content (AvgIpc) is 2.28. The molecule has 1 fully saturated rings. The van der Waals surface area contributed by atoms with Gasteiger partial charge in [-0.1, -0.05) is 6.42 Å². The molecule has 16 heavy (non-hydrogen) atoms. The van der Waals surface area contributed by atoms with Crippen molar-refractivity contribution in [2.75, 3.05) is 33.2 Å². The third kappa shape index (κ3) is 4.10. The van der Waals surface area contributed by atoms with Gasteiger partial charge >= 0.3 is 0 Å². The van der Waals surface area contributed by atoms with Gasteiger partial charge < -0.3 is 10.6 Å². The van der Waals surface area contributed by atoms with E-state index in [1.165, 1.54) is 19.3 Å². The first-order valence-electron chi connectivity index (χ1n) is 6.22. The van der Waals surface area contributed by atoms with Crippen LogP contribution < -0.4 is 10.6 Å². The molecule has 0 bridgehead atoms. The Morgan fingerprint density at radius 2 is 1.88 bits per heavy atom. The van der Waals surface area contributed by atoms with E-state index in [-0.39, 0.29) is 11.4 Å². The first kappa shape index (κ1) is 13.5. The van der Waals surface area contributed by atoms with Crippen LogP contribution in [0.15, 0.2) is 0 Å². The van der Waals surface area contributed by atoms with E-state index in [9.17, 15) is 4.79 Å². The summed E-state index contributed by atoms with van der Waals surface area (Å²) in [5.41, 5.74) is 0.0732. The maximum Gasteiger partial charge on any atom is 0.234 e. The highest BCUT2D eigenvalue weighted by Gasteiger charge is 2.27. The maximum atomic E-state index is 11.4. The summed E-state index contributed by atoms with van der Waals surface area (Å²) in [5.74, 6) is 0.0765. The van der Waals surface area contributed by atoms with Crippen molar-refractivity contribution < 1.29 is 4.79 Å². The second-order valence-corrected chi connectivity index (χ2v) is 5.17. The number of nitrogens with zero attached hydrogens (tertiary/aromatic N) is 1. The number of likely N-dealkylation sites (tertiary alicyclic amines) is 1. The van der Waals surface area contributed by atoms with Crippen LogP contribution in [0.2, 0.25) is 0 Å². The van der Waals surface area contributed by atoms with Crippen LogP contribution in [-0.2, 0) is 4.79 Å². The molecule has 2 N–H and O–H groups in total. The molecule has 4 nitrogen and oxygen atoms in total. The maximum absolute atomic E-state index is 11.4. The van der Waals surface area contributed by atoms with E-state index in [0.29, 0.717) is 6.54 Å². The minimum absolute atomic E-state index is 0.0732. The van der Waals surface area contributed by atoms with Gasteiger partial charge in [0, 0.05) is 12.1 Å². The topological polar surface area (TPSA) is 44.4 Å². The Morgan fingerprint density at radius 3 is 2.44 bits per heavy atom. The van der Waals surface area contributed by atoms with Crippen LogP contribution in [0.4, 0.5) is 0 Å². The molecule has 4 heteroatoms. The second-order valence-electron chi connectivity index (χ2n) is 5.17. The number of carbonyl (C=O) groups is 1. The lowest BCUT2D eigenvalue weighted by atomic mass is 9.98. The predicted molar refractivity (Wildman–Crippen MR) is 66.4 cm³/mol. The Hall–Kier alpha value is -0.610. The summed E-state index contributed by atoms with van der Waals surface area (Å²) in [7, 11) is 1.79. The van der Waals surface area contributed by atoms with Crippen molar-refractivity contribution in [3.63, 3.8) is 0 Å². The van der Waals surface area contributed by atoms with Crippen molar-refractivity contribution in [1.29, 1.82) is 0 Å². The van der Waals surface area contributed by atoms with Crippen LogP contribution in [0.3, 0.4) is 0 Å². The highest BCUT2D eigenvalue weighted by molar-refractivity contribution is 5.78. The van der Waals surface area contributed by atoms with Gasteiger partial charge in [-0.05, 0) is 46.8 Å². The van der Waals surface area contributed by atoms with E-state index in [1.807, 2.05) is 0 Å². The largest absolute Gasteiger partial charge is 0.353 e. The molecule has 0 radical (unpaired) electrons. The molecular weight excluding hydrogens is 202 g/mol. The lowest BCUT2D eigenvalue weighted by molar-refractivity contribution is -0.120. The number of amides is 1. The molecule has 1 saturated heterocycles. The van der Waals surface area contributed by atoms with Gasteiger partial charge in [-0.3, -0.25) is 9.69 Å². The first-order chi connectivity index (χ1) is 7.56. The molecule has 1 heterocycles. The predicted octanol–water partition coefficient (Wildman–Crippen LogP) is 0.587. The normalized spacial score (nSPS) is 18.4. The average molecular weight is 227 g/mol. The zero-order valence-corrected chi connectivity index (χ0v) is 10.8. The molecule has 0 aromatic carbocycles. The molecule has 1 aliphatic heterocycles. The van der Waals surface area contributed by atoms with Gasteiger partial charge in [0.1, 0.15) is 0 Å². The summed E-state index contributed by atoms with van der Waals surface area (Å²) in [6, 6.07) is 0. The molecule has 1 aliphatic rings. The van der Waals surface area contributed by atoms with Crippen molar-refractivity contribution in [1.82, 2.24) is 15.5 Å². The number of piperidine rings is 1. The Labute approximate surface area is 98.8 Å². The van der Waals surface area contributed by atoms with Crippen LogP contribution in [0, 0.1) is 0 Å². The minimum Gasteiger partial charge on any atom is -0.353 e. The van der Waals surface area contributed by atoms with Crippen molar-refractivity contribution in [2.45, 2.75) is 38.6 Å². The number of likely N-dealkylation sites (N-methyl/N-ethyl adjacent to an activating group) is 1. The molecule has 94 valence electrons. The highest BCUT2D eigenvalue weighted by Crippen LogP contribution is 2.19. The lowest BCUT2D eigenvalue weighted by Crippen LogP contribution is -2.54. The first-order valence-corrected chi connectivity index (χ1v) is 6.22. The number of carbonyl (C=O) groups excluding carboxylic acids is 1. The van der Waals surface area contributed by atoms with E-state index >= 15 is 0 Å². The Morgan fingerprint density at radius 1 is 1.25 bits per heavy atom. The van der Waals surface area contributed by atoms with Crippen molar-refractivity contribution in [2.24, 2.45) is 0 Å². The summed E-state index contributed by atoms with van der Waals surface area (Å²) in [6.07, 6.45) is 3.92. The van der Waals surface area contributed by atoms with Crippen LogP contribution in [0.5, 0.6) is 0 Å². The number of nitrogens with one attached hydrogen (secondary N) is 2. The SMILES string of the molecule is CNCC(=O)NCC(C)(C)N1CCCCC1. The molecule has 0 saturated carbocycles. The van der Waals surface area contributed by atoms with Crippen LogP contribution in [-0.4, -0.2) is 49.6 Å². The highest BCUT2D eigenvalue weighted by atomic mass is 16.1. The Bertz CT molecular complexity index is 222. The monoisotopic (exact) mass is 227 g/mol. The molecule has 1 rings (SSSR count). The molecule has 0 unspecified atom stereocenters. The molecule has 0 atom stereocenters. The van der Waals surface area contributed by atoms with E-state index in [1.54, 1.807) is 7.05 Å². The third-order valence-corrected chi connectivity index (χ3v) is 3.27. The van der Waals surface area contributed by atoms with E-state index in [0.717, 1.165) is 19.6 Å². The zero-order chi connectivity index (χ0) is 12.0. The molecule has 0 aromatic rings. The Balaban J connectivity index is 2.34. The summed E-state index contributed by atoms with van der Waals surface area (Å²) in [5, 5.41) is 5.84. The Kier molecular flexibility index (Phi) is 5.22. The minimum atomic E-state index is 0.0732. The van der Waals surface area contributed by atoms with Crippen molar-refractivity contribution in [3.05, 3.63) is 0 Å². The summed E-state index contributed by atoms with van der Waals surface area (Å²) >= 11 is 0. The fourth-order valence-electron chi connectivity index (χ4n) is 2.15. The van der Waals surface area contributed by atoms with E-state index < -0.39 is 0 Å². The van der Waals surface area contributed by atoms with Gasteiger partial charge in [-0.2, -0.15) is 0 Å². The van der Waals surface area contributed by atoms with Gasteiger partial charge in [0.25, 0.3) is 0 Å². The smallest absolute Gasteiger partial charge is 0.234 e. The van der Waals surface area contributed by atoms with Gasteiger partial charge in [0.05, 0.1) is 6.54 Å². The van der Waals surface area contributed by atoms with Gasteiger partial charge in [0.15, 0.2) is 0 Å². The molecule has 0 spiro atoms. The summed E-state index contributed by atoms with van der Waals surface area (Å²) in [6.45, 7) is 7.86. The number of hydrogen-bond acceptors (Lipinski definition) is 3. The fourth-order valence-corrected chi connectivity index (χ4v) is 2.15. The van der Waals surface area contributed by atoms with Crippen molar-refractivity contribution in [3.8, 4) is 0 Å².